The van der Waals surface area contributed by atoms with Gasteiger partial charge in [0.25, 0.3) is 0 Å². The van der Waals surface area contributed by atoms with E-state index < -0.39 is 5.41 Å². The standard InChI is InChI=1S/C12H14BrN3OS/c13-8-3-4-9(15-7-8)16-11(17)12(10(14)18)5-1-2-6-12/h3-4,7H,1-2,5-6H2,(H2,14,18)(H,15,16,17). The molecule has 6 heteroatoms. The van der Waals surface area contributed by atoms with E-state index in [-0.39, 0.29) is 10.9 Å². The second-order valence-corrected chi connectivity index (χ2v) is 5.82. The van der Waals surface area contributed by atoms with Gasteiger partial charge >= 0.3 is 0 Å². The maximum atomic E-state index is 12.3. The number of nitrogens with one attached hydrogen (secondary N) is 1. The summed E-state index contributed by atoms with van der Waals surface area (Å²) >= 11 is 8.37. The lowest BCUT2D eigenvalue weighted by atomic mass is 9.85. The topological polar surface area (TPSA) is 68.0 Å². The Bertz CT molecular complexity index is 469. The molecular formula is C12H14BrN3OS. The molecule has 1 aromatic rings. The van der Waals surface area contributed by atoms with Crippen molar-refractivity contribution < 1.29 is 4.79 Å². The fourth-order valence-corrected chi connectivity index (χ4v) is 2.78. The third-order valence-corrected chi connectivity index (χ3v) is 4.19. The lowest BCUT2D eigenvalue weighted by molar-refractivity contribution is -0.122. The molecular weight excluding hydrogens is 314 g/mol. The highest BCUT2D eigenvalue weighted by molar-refractivity contribution is 9.10. The first-order valence-corrected chi connectivity index (χ1v) is 6.98. The minimum Gasteiger partial charge on any atom is -0.392 e. The van der Waals surface area contributed by atoms with E-state index in [2.05, 4.69) is 26.2 Å². The lowest BCUT2D eigenvalue weighted by Crippen LogP contribution is -2.44. The Morgan fingerprint density at radius 3 is 2.61 bits per heavy atom. The molecule has 0 aliphatic heterocycles. The summed E-state index contributed by atoms with van der Waals surface area (Å²) in [6, 6.07) is 3.56. The second-order valence-electron chi connectivity index (χ2n) is 4.47. The van der Waals surface area contributed by atoms with Crippen LogP contribution in [0.15, 0.2) is 22.8 Å². The van der Waals surface area contributed by atoms with E-state index in [4.69, 9.17) is 18.0 Å². The van der Waals surface area contributed by atoms with Crippen LogP contribution in [0, 0.1) is 5.41 Å². The first-order valence-electron chi connectivity index (χ1n) is 5.77. The van der Waals surface area contributed by atoms with Crippen LogP contribution in [0.25, 0.3) is 0 Å². The van der Waals surface area contributed by atoms with Gasteiger partial charge in [0.2, 0.25) is 5.91 Å². The molecule has 18 heavy (non-hydrogen) atoms. The number of carbonyl (C=O) groups excluding carboxylic acids is 1. The molecule has 0 aromatic carbocycles. The summed E-state index contributed by atoms with van der Waals surface area (Å²) in [7, 11) is 0. The summed E-state index contributed by atoms with van der Waals surface area (Å²) in [6.07, 6.45) is 5.06. The van der Waals surface area contributed by atoms with E-state index in [0.29, 0.717) is 5.82 Å². The highest BCUT2D eigenvalue weighted by atomic mass is 79.9. The van der Waals surface area contributed by atoms with Crippen LogP contribution in [0.3, 0.4) is 0 Å². The summed E-state index contributed by atoms with van der Waals surface area (Å²) in [5.41, 5.74) is 5.06. The van der Waals surface area contributed by atoms with Crippen LogP contribution in [0.2, 0.25) is 0 Å². The van der Waals surface area contributed by atoms with Gasteiger partial charge in [0.05, 0.1) is 10.4 Å². The van der Waals surface area contributed by atoms with Crippen molar-refractivity contribution in [2.75, 3.05) is 5.32 Å². The van der Waals surface area contributed by atoms with Crippen molar-refractivity contribution in [2.45, 2.75) is 25.7 Å². The van der Waals surface area contributed by atoms with E-state index in [1.807, 2.05) is 6.07 Å². The van der Waals surface area contributed by atoms with Crippen molar-refractivity contribution in [3.05, 3.63) is 22.8 Å². The van der Waals surface area contributed by atoms with Gasteiger partial charge in [-0.25, -0.2) is 4.98 Å². The minimum absolute atomic E-state index is 0.137. The van der Waals surface area contributed by atoms with Crippen molar-refractivity contribution in [1.82, 2.24) is 4.98 Å². The number of anilines is 1. The number of nitrogens with two attached hydrogens (primary N) is 1. The largest absolute Gasteiger partial charge is 0.392 e. The summed E-state index contributed by atoms with van der Waals surface area (Å²) in [4.78, 5) is 16.7. The maximum absolute atomic E-state index is 12.3. The summed E-state index contributed by atoms with van der Waals surface area (Å²) in [5, 5.41) is 2.79. The zero-order valence-corrected chi connectivity index (χ0v) is 12.2. The van der Waals surface area contributed by atoms with E-state index in [0.717, 1.165) is 30.2 Å². The number of aromatic nitrogens is 1. The normalized spacial score (nSPS) is 17.4. The van der Waals surface area contributed by atoms with E-state index >= 15 is 0 Å². The van der Waals surface area contributed by atoms with Gasteiger partial charge in [-0.2, -0.15) is 0 Å². The Morgan fingerprint density at radius 2 is 2.11 bits per heavy atom. The Morgan fingerprint density at radius 1 is 1.44 bits per heavy atom. The SMILES string of the molecule is NC(=S)C1(C(=O)Nc2ccc(Br)cn2)CCCC1. The minimum atomic E-state index is -0.690. The fourth-order valence-electron chi connectivity index (χ4n) is 2.25. The molecule has 4 nitrogen and oxygen atoms in total. The van der Waals surface area contributed by atoms with Crippen LogP contribution in [-0.4, -0.2) is 15.9 Å². The molecule has 96 valence electrons. The van der Waals surface area contributed by atoms with Gasteiger partial charge in [-0.1, -0.05) is 25.1 Å². The monoisotopic (exact) mass is 327 g/mol. The Hall–Kier alpha value is -1.01. The number of amides is 1. The smallest absolute Gasteiger partial charge is 0.238 e. The van der Waals surface area contributed by atoms with Crippen molar-refractivity contribution in [3.8, 4) is 0 Å². The Balaban J connectivity index is 2.15. The van der Waals surface area contributed by atoms with Crippen LogP contribution < -0.4 is 11.1 Å². The van der Waals surface area contributed by atoms with E-state index in [1.165, 1.54) is 0 Å². The molecule has 0 bridgehead atoms. The van der Waals surface area contributed by atoms with Gasteiger partial charge in [-0.3, -0.25) is 4.79 Å². The summed E-state index contributed by atoms with van der Waals surface area (Å²) < 4.78 is 0.866. The van der Waals surface area contributed by atoms with Crippen LogP contribution >= 0.6 is 28.1 Å². The van der Waals surface area contributed by atoms with Gasteiger partial charge in [0.1, 0.15) is 5.82 Å². The molecule has 0 saturated heterocycles. The number of halogens is 1. The van der Waals surface area contributed by atoms with Crippen molar-refractivity contribution in [3.63, 3.8) is 0 Å². The Labute approximate surface area is 119 Å². The molecule has 1 heterocycles. The number of rotatable bonds is 3. The first kappa shape index (κ1) is 13.4. The molecule has 1 fully saturated rings. The molecule has 3 N–H and O–H groups in total. The van der Waals surface area contributed by atoms with Crippen LogP contribution in [0.5, 0.6) is 0 Å². The average molecular weight is 328 g/mol. The molecule has 1 aromatic heterocycles. The van der Waals surface area contributed by atoms with Gasteiger partial charge in [-0.05, 0) is 40.9 Å². The van der Waals surface area contributed by atoms with Crippen molar-refractivity contribution in [2.24, 2.45) is 11.1 Å². The van der Waals surface area contributed by atoms with Gasteiger partial charge in [0, 0.05) is 10.7 Å². The van der Waals surface area contributed by atoms with E-state index in [9.17, 15) is 4.79 Å². The summed E-state index contributed by atoms with van der Waals surface area (Å²) in [5.74, 6) is 0.382. The predicted octanol–water partition coefficient (Wildman–Crippen LogP) is 2.63. The quantitative estimate of drug-likeness (QED) is 0.837. The highest BCUT2D eigenvalue weighted by Gasteiger charge is 2.44. The third-order valence-electron chi connectivity index (χ3n) is 3.33. The van der Waals surface area contributed by atoms with E-state index in [1.54, 1.807) is 12.3 Å². The zero-order valence-electron chi connectivity index (χ0n) is 9.78. The van der Waals surface area contributed by atoms with Crippen LogP contribution in [-0.2, 0) is 4.79 Å². The Kier molecular flexibility index (Phi) is 3.97. The van der Waals surface area contributed by atoms with Crippen LogP contribution in [0.1, 0.15) is 25.7 Å². The number of nitrogens with zero attached hydrogens (tertiary/aromatic N) is 1. The third kappa shape index (κ3) is 2.54. The fraction of sp³-hybridized carbons (Fsp3) is 0.417. The number of pyridine rings is 1. The van der Waals surface area contributed by atoms with Gasteiger partial charge < -0.3 is 11.1 Å². The predicted molar refractivity (Wildman–Crippen MR) is 78.3 cm³/mol. The van der Waals surface area contributed by atoms with Crippen LogP contribution in [0.4, 0.5) is 5.82 Å². The molecule has 1 aliphatic rings. The number of thiocarbonyl (C=S) groups is 1. The van der Waals surface area contributed by atoms with Gasteiger partial charge in [0.15, 0.2) is 0 Å². The lowest BCUT2D eigenvalue weighted by Gasteiger charge is -2.25. The molecule has 0 radical (unpaired) electrons. The summed E-state index contributed by atoms with van der Waals surface area (Å²) in [6.45, 7) is 0. The molecule has 0 atom stereocenters. The molecule has 1 aliphatic carbocycles. The molecule has 1 amide bonds. The van der Waals surface area contributed by atoms with Crippen molar-refractivity contribution in [1.29, 1.82) is 0 Å². The molecule has 1 saturated carbocycles. The first-order chi connectivity index (χ1) is 8.54. The van der Waals surface area contributed by atoms with Crippen molar-refractivity contribution >= 4 is 44.9 Å². The number of hydrogen-bond acceptors (Lipinski definition) is 3. The molecule has 0 spiro atoms. The zero-order chi connectivity index (χ0) is 13.2. The van der Waals surface area contributed by atoms with Gasteiger partial charge in [-0.15, -0.1) is 0 Å². The maximum Gasteiger partial charge on any atom is 0.238 e. The average Bonchev–Trinajstić information content (AvgIpc) is 2.82. The molecule has 0 unspecified atom stereocenters. The highest BCUT2D eigenvalue weighted by Crippen LogP contribution is 2.39. The number of hydrogen-bond donors (Lipinski definition) is 2. The second kappa shape index (κ2) is 5.32. The molecule has 2 rings (SSSR count). The number of carbonyl (C=O) groups is 1.